The number of fused-ring (bicyclic) bond motifs is 4. The van der Waals surface area contributed by atoms with Crippen LogP contribution in [0.25, 0.3) is 12.2 Å². The van der Waals surface area contributed by atoms with Crippen molar-refractivity contribution >= 4 is 43.1 Å². The molecule has 1 unspecified atom stereocenters. The standard InChI is InChI=1S/C29H32N2Si/c1-4-20-17-23-18-21-11-5-6-12-22(21)19-24(23)29(20)32(2,3)31-27-15-9-7-13-25(27)30-26-14-8-10-16-28(26)31/h5-16,18-20,23-24,29-30H,4,17H2,1-3H3/t20-,23-,24+,29?/m1/s1. The van der Waals surface area contributed by atoms with Crippen LogP contribution in [0, 0.1) is 17.8 Å². The first-order chi connectivity index (χ1) is 15.6. The first-order valence-electron chi connectivity index (χ1n) is 12.1. The van der Waals surface area contributed by atoms with Crippen molar-refractivity contribution in [3.63, 3.8) is 0 Å². The molecule has 0 spiro atoms. The van der Waals surface area contributed by atoms with Crippen LogP contribution in [0.5, 0.6) is 0 Å². The molecule has 3 aromatic carbocycles. The summed E-state index contributed by atoms with van der Waals surface area (Å²) in [6.07, 6.45) is 7.81. The summed E-state index contributed by atoms with van der Waals surface area (Å²) in [7, 11) is -1.94. The van der Waals surface area contributed by atoms with Crippen LogP contribution in [-0.2, 0) is 0 Å². The van der Waals surface area contributed by atoms with Crippen LogP contribution in [-0.4, -0.2) is 8.24 Å². The van der Waals surface area contributed by atoms with E-state index in [9.17, 15) is 0 Å². The van der Waals surface area contributed by atoms with Gasteiger partial charge in [0.25, 0.3) is 0 Å². The van der Waals surface area contributed by atoms with Crippen molar-refractivity contribution in [2.24, 2.45) is 17.8 Å². The Bertz CT molecular complexity index is 1250. The second-order valence-electron chi connectivity index (χ2n) is 10.3. The van der Waals surface area contributed by atoms with E-state index in [1.807, 2.05) is 0 Å². The number of benzene rings is 3. The van der Waals surface area contributed by atoms with Crippen LogP contribution in [0.15, 0.2) is 72.8 Å². The third kappa shape index (κ3) is 2.91. The smallest absolute Gasteiger partial charge is 0.160 e. The van der Waals surface area contributed by atoms with Crippen molar-refractivity contribution in [1.82, 2.24) is 0 Å². The summed E-state index contributed by atoms with van der Waals surface area (Å²) in [6, 6.07) is 26.7. The zero-order valence-corrected chi connectivity index (χ0v) is 20.3. The Balaban J connectivity index is 1.52. The second-order valence-corrected chi connectivity index (χ2v) is 14.7. The molecule has 2 aliphatic carbocycles. The molecule has 0 saturated heterocycles. The van der Waals surface area contributed by atoms with Crippen LogP contribution in [0.4, 0.5) is 22.7 Å². The van der Waals surface area contributed by atoms with E-state index in [2.05, 4.69) is 115 Å². The number of para-hydroxylation sites is 4. The van der Waals surface area contributed by atoms with Gasteiger partial charge in [0.2, 0.25) is 0 Å². The fraction of sp³-hybridized carbons (Fsp3) is 0.310. The summed E-state index contributed by atoms with van der Waals surface area (Å²) in [5.41, 5.74) is 5.88. The fourth-order valence-electron chi connectivity index (χ4n) is 6.95. The van der Waals surface area contributed by atoms with Crippen LogP contribution in [0.2, 0.25) is 18.6 Å². The molecule has 3 aliphatic rings. The Morgan fingerprint density at radius 1 is 0.812 bits per heavy atom. The van der Waals surface area contributed by atoms with Gasteiger partial charge in [0, 0.05) is 0 Å². The SMILES string of the molecule is CC[C@@H]1C[C@@H]2C=c3ccccc3=C[C@@H]2C1[Si](C)(C)N1c2ccccc2Nc2ccccc21. The maximum absolute atomic E-state index is 3.69. The topological polar surface area (TPSA) is 15.3 Å². The Morgan fingerprint density at radius 3 is 2.00 bits per heavy atom. The third-order valence-electron chi connectivity index (χ3n) is 8.23. The second kappa shape index (κ2) is 7.38. The van der Waals surface area contributed by atoms with Gasteiger partial charge >= 0.3 is 0 Å². The number of nitrogens with one attached hydrogen (secondary N) is 1. The van der Waals surface area contributed by atoms with Gasteiger partial charge in [0.1, 0.15) is 0 Å². The molecule has 1 fully saturated rings. The molecule has 6 rings (SSSR count). The monoisotopic (exact) mass is 436 g/mol. The molecule has 162 valence electrons. The van der Waals surface area contributed by atoms with Crippen LogP contribution in [0.3, 0.4) is 0 Å². The lowest BCUT2D eigenvalue weighted by Gasteiger charge is -2.49. The molecule has 3 heteroatoms. The van der Waals surface area contributed by atoms with Gasteiger partial charge < -0.3 is 9.88 Å². The minimum atomic E-state index is -1.94. The summed E-state index contributed by atoms with van der Waals surface area (Å²) in [6.45, 7) is 7.65. The molecular formula is C29H32N2Si. The molecule has 4 atom stereocenters. The van der Waals surface area contributed by atoms with E-state index < -0.39 is 8.24 Å². The van der Waals surface area contributed by atoms with E-state index in [1.54, 1.807) is 0 Å². The van der Waals surface area contributed by atoms with Gasteiger partial charge in [-0.05, 0) is 64.4 Å². The van der Waals surface area contributed by atoms with E-state index in [0.29, 0.717) is 17.4 Å². The fourth-order valence-corrected chi connectivity index (χ4v) is 11.7. The number of nitrogens with zero attached hydrogens (tertiary/aromatic N) is 1. The Hall–Kier alpha value is -2.78. The molecule has 3 aromatic rings. The van der Waals surface area contributed by atoms with Crippen LogP contribution in [0.1, 0.15) is 19.8 Å². The predicted molar refractivity (Wildman–Crippen MR) is 140 cm³/mol. The molecule has 0 aromatic heterocycles. The molecule has 1 heterocycles. The maximum atomic E-state index is 3.69. The lowest BCUT2D eigenvalue weighted by molar-refractivity contribution is 0.503. The molecule has 0 radical (unpaired) electrons. The first-order valence-corrected chi connectivity index (χ1v) is 15.1. The normalized spacial score (nSPS) is 25.4. The summed E-state index contributed by atoms with van der Waals surface area (Å²) in [4.78, 5) is 0. The van der Waals surface area contributed by atoms with Crippen molar-refractivity contribution in [2.45, 2.75) is 38.4 Å². The summed E-state index contributed by atoms with van der Waals surface area (Å²) in [5, 5.41) is 6.56. The van der Waals surface area contributed by atoms with Crippen molar-refractivity contribution in [2.75, 3.05) is 9.88 Å². The zero-order valence-electron chi connectivity index (χ0n) is 19.3. The van der Waals surface area contributed by atoms with Gasteiger partial charge in [0.05, 0.1) is 22.7 Å². The molecule has 32 heavy (non-hydrogen) atoms. The highest BCUT2D eigenvalue weighted by Gasteiger charge is 2.53. The molecule has 1 saturated carbocycles. The number of hydrogen-bond acceptors (Lipinski definition) is 2. The van der Waals surface area contributed by atoms with E-state index >= 15 is 0 Å². The maximum Gasteiger partial charge on any atom is 0.160 e. The largest absolute Gasteiger partial charge is 0.366 e. The van der Waals surface area contributed by atoms with Gasteiger partial charge in [0.15, 0.2) is 8.24 Å². The van der Waals surface area contributed by atoms with E-state index in [-0.39, 0.29) is 0 Å². The average molecular weight is 437 g/mol. The van der Waals surface area contributed by atoms with Crippen molar-refractivity contribution in [1.29, 1.82) is 0 Å². The summed E-state index contributed by atoms with van der Waals surface area (Å²) in [5.74, 6) is 2.06. The molecular weight excluding hydrogens is 404 g/mol. The lowest BCUT2D eigenvalue weighted by atomic mass is 9.89. The van der Waals surface area contributed by atoms with Gasteiger partial charge in [-0.2, -0.15) is 0 Å². The molecule has 1 aliphatic heterocycles. The van der Waals surface area contributed by atoms with Gasteiger partial charge in [-0.1, -0.05) is 87.1 Å². The highest BCUT2D eigenvalue weighted by molar-refractivity contribution is 6.84. The Labute approximate surface area is 192 Å². The lowest BCUT2D eigenvalue weighted by Crippen LogP contribution is -2.54. The van der Waals surface area contributed by atoms with E-state index in [0.717, 1.165) is 5.92 Å². The highest BCUT2D eigenvalue weighted by Crippen LogP contribution is 2.58. The third-order valence-corrected chi connectivity index (χ3v) is 12.4. The number of rotatable bonds is 3. The highest BCUT2D eigenvalue weighted by atomic mass is 28.3. The molecule has 0 bridgehead atoms. The van der Waals surface area contributed by atoms with E-state index in [1.165, 1.54) is 46.0 Å². The predicted octanol–water partition coefficient (Wildman–Crippen LogP) is 6.39. The van der Waals surface area contributed by atoms with Gasteiger partial charge in [-0.15, -0.1) is 0 Å². The van der Waals surface area contributed by atoms with Crippen LogP contribution < -0.4 is 20.3 Å². The van der Waals surface area contributed by atoms with Crippen molar-refractivity contribution in [3.05, 3.63) is 83.2 Å². The Morgan fingerprint density at radius 2 is 1.38 bits per heavy atom. The van der Waals surface area contributed by atoms with Crippen molar-refractivity contribution < 1.29 is 0 Å². The van der Waals surface area contributed by atoms with Crippen LogP contribution >= 0.6 is 0 Å². The molecule has 1 N–H and O–H groups in total. The van der Waals surface area contributed by atoms with Gasteiger partial charge in [-0.3, -0.25) is 0 Å². The molecule has 2 nitrogen and oxygen atoms in total. The zero-order chi connectivity index (χ0) is 21.9. The Kier molecular flexibility index (Phi) is 4.58. The number of hydrogen-bond donors (Lipinski definition) is 1. The average Bonchev–Trinajstić information content (AvgIpc) is 3.19. The molecule has 0 amide bonds. The van der Waals surface area contributed by atoms with Gasteiger partial charge in [-0.25, -0.2) is 0 Å². The van der Waals surface area contributed by atoms with E-state index in [4.69, 9.17) is 0 Å². The number of anilines is 4. The summed E-state index contributed by atoms with van der Waals surface area (Å²) < 4.78 is 2.78. The van der Waals surface area contributed by atoms with Crippen molar-refractivity contribution in [3.8, 4) is 0 Å². The summed E-state index contributed by atoms with van der Waals surface area (Å²) >= 11 is 0. The minimum absolute atomic E-state index is 0.630. The first kappa shape index (κ1) is 19.9. The quantitative estimate of drug-likeness (QED) is 0.478. The minimum Gasteiger partial charge on any atom is -0.366 e.